The molecule has 0 radical (unpaired) electrons. The smallest absolute Gasteiger partial charge is 0.262 e. The van der Waals surface area contributed by atoms with Crippen molar-refractivity contribution >= 4 is 17.3 Å². The molecule has 0 bridgehead atoms. The zero-order valence-electron chi connectivity index (χ0n) is 12.1. The molecule has 2 aromatic rings. The van der Waals surface area contributed by atoms with Crippen LogP contribution >= 0.6 is 0 Å². The Labute approximate surface area is 123 Å². The number of hydrogen-bond acceptors (Lipinski definition) is 4. The summed E-state index contributed by atoms with van der Waals surface area (Å²) in [6.07, 6.45) is 0. The minimum absolute atomic E-state index is 0.117. The number of para-hydroxylation sites is 2. The molecule has 0 fully saturated rings. The highest BCUT2D eigenvalue weighted by Gasteiger charge is 2.08. The fourth-order valence-corrected chi connectivity index (χ4v) is 1.86. The Morgan fingerprint density at radius 3 is 2.57 bits per heavy atom. The van der Waals surface area contributed by atoms with Crippen LogP contribution in [0.25, 0.3) is 0 Å². The summed E-state index contributed by atoms with van der Waals surface area (Å²) in [6, 6.07) is 12.6. The third kappa shape index (κ3) is 3.89. The molecule has 0 unspecified atom stereocenters. The van der Waals surface area contributed by atoms with Crippen molar-refractivity contribution in [3.8, 4) is 11.5 Å². The number of ether oxygens (including phenoxy) is 2. The zero-order chi connectivity index (χ0) is 15.2. The summed E-state index contributed by atoms with van der Waals surface area (Å²) in [7, 11) is 1.55. The second kappa shape index (κ2) is 6.65. The summed E-state index contributed by atoms with van der Waals surface area (Å²) >= 11 is 0. The Morgan fingerprint density at radius 1 is 1.19 bits per heavy atom. The molecule has 1 amide bonds. The van der Waals surface area contributed by atoms with Crippen LogP contribution in [0.15, 0.2) is 42.5 Å². The Hall–Kier alpha value is -2.69. The largest absolute Gasteiger partial charge is 0.493 e. The van der Waals surface area contributed by atoms with Gasteiger partial charge in [-0.25, -0.2) is 0 Å². The topological polar surface area (TPSA) is 73.6 Å². The Morgan fingerprint density at radius 2 is 1.90 bits per heavy atom. The summed E-state index contributed by atoms with van der Waals surface area (Å²) in [5.74, 6) is 0.823. The van der Waals surface area contributed by atoms with Gasteiger partial charge in [0.25, 0.3) is 5.91 Å². The number of nitrogens with two attached hydrogens (primary N) is 1. The van der Waals surface area contributed by atoms with E-state index in [0.717, 1.165) is 5.56 Å². The molecular weight excluding hydrogens is 268 g/mol. The van der Waals surface area contributed by atoms with E-state index < -0.39 is 0 Å². The van der Waals surface area contributed by atoms with Gasteiger partial charge in [0.05, 0.1) is 18.5 Å². The van der Waals surface area contributed by atoms with Crippen molar-refractivity contribution < 1.29 is 14.3 Å². The minimum atomic E-state index is -0.281. The van der Waals surface area contributed by atoms with Crippen molar-refractivity contribution in [2.24, 2.45) is 0 Å². The summed E-state index contributed by atoms with van der Waals surface area (Å²) in [5, 5.41) is 2.72. The van der Waals surface area contributed by atoms with E-state index in [1.165, 1.54) is 0 Å². The van der Waals surface area contributed by atoms with E-state index in [1.807, 2.05) is 25.1 Å². The molecule has 3 N–H and O–H groups in total. The number of hydrogen-bond donors (Lipinski definition) is 2. The van der Waals surface area contributed by atoms with Crippen LogP contribution in [0, 0.1) is 6.92 Å². The third-order valence-corrected chi connectivity index (χ3v) is 2.91. The van der Waals surface area contributed by atoms with Crippen molar-refractivity contribution in [3.05, 3.63) is 48.0 Å². The van der Waals surface area contributed by atoms with Gasteiger partial charge >= 0.3 is 0 Å². The van der Waals surface area contributed by atoms with E-state index in [0.29, 0.717) is 22.9 Å². The fourth-order valence-electron chi connectivity index (χ4n) is 1.86. The molecular formula is C16H18N2O3. The second-order valence-corrected chi connectivity index (χ2v) is 4.58. The summed E-state index contributed by atoms with van der Waals surface area (Å²) in [4.78, 5) is 11.9. The van der Waals surface area contributed by atoms with Gasteiger partial charge in [-0.3, -0.25) is 4.79 Å². The SMILES string of the molecule is COc1ccccc1OCC(=O)Nc1ccc(C)cc1N. The van der Waals surface area contributed by atoms with Gasteiger partial charge in [-0.1, -0.05) is 18.2 Å². The molecule has 0 heterocycles. The van der Waals surface area contributed by atoms with Crippen molar-refractivity contribution in [2.45, 2.75) is 6.92 Å². The number of carbonyl (C=O) groups excluding carboxylic acids is 1. The van der Waals surface area contributed by atoms with Crippen LogP contribution in [0.4, 0.5) is 11.4 Å². The molecule has 21 heavy (non-hydrogen) atoms. The lowest BCUT2D eigenvalue weighted by molar-refractivity contribution is -0.118. The highest BCUT2D eigenvalue weighted by molar-refractivity contribution is 5.94. The second-order valence-electron chi connectivity index (χ2n) is 4.58. The predicted octanol–water partition coefficient (Wildman–Crippen LogP) is 2.60. The summed E-state index contributed by atoms with van der Waals surface area (Å²) in [6.45, 7) is 1.82. The van der Waals surface area contributed by atoms with Crippen LogP contribution in [0.2, 0.25) is 0 Å². The average Bonchev–Trinajstić information content (AvgIpc) is 2.48. The lowest BCUT2D eigenvalue weighted by atomic mass is 10.2. The van der Waals surface area contributed by atoms with Crippen LogP contribution in [0.1, 0.15) is 5.56 Å². The highest BCUT2D eigenvalue weighted by atomic mass is 16.5. The van der Waals surface area contributed by atoms with Gasteiger partial charge < -0.3 is 20.5 Å². The molecule has 5 heteroatoms. The fraction of sp³-hybridized carbons (Fsp3) is 0.188. The van der Waals surface area contributed by atoms with Crippen molar-refractivity contribution in [2.75, 3.05) is 24.8 Å². The molecule has 2 rings (SSSR count). The number of nitrogens with one attached hydrogen (secondary N) is 1. The first-order valence-corrected chi connectivity index (χ1v) is 6.52. The summed E-state index contributed by atoms with van der Waals surface area (Å²) < 4.78 is 10.6. The molecule has 0 aromatic heterocycles. The molecule has 5 nitrogen and oxygen atoms in total. The Balaban J connectivity index is 1.96. The third-order valence-electron chi connectivity index (χ3n) is 2.91. The predicted molar refractivity (Wildman–Crippen MR) is 82.7 cm³/mol. The maximum absolute atomic E-state index is 11.9. The van der Waals surface area contributed by atoms with Crippen molar-refractivity contribution in [1.82, 2.24) is 0 Å². The Kier molecular flexibility index (Phi) is 4.66. The van der Waals surface area contributed by atoms with Crippen LogP contribution < -0.4 is 20.5 Å². The molecule has 0 saturated heterocycles. The number of benzene rings is 2. The normalized spacial score (nSPS) is 10.0. The van der Waals surface area contributed by atoms with Crippen molar-refractivity contribution in [3.63, 3.8) is 0 Å². The molecule has 0 atom stereocenters. The number of anilines is 2. The van der Waals surface area contributed by atoms with Gasteiger partial charge in [0.2, 0.25) is 0 Å². The maximum Gasteiger partial charge on any atom is 0.262 e. The average molecular weight is 286 g/mol. The van der Waals surface area contributed by atoms with E-state index in [4.69, 9.17) is 15.2 Å². The van der Waals surface area contributed by atoms with Crippen LogP contribution in [0.3, 0.4) is 0 Å². The number of nitrogen functional groups attached to an aromatic ring is 1. The molecule has 0 spiro atoms. The van der Waals surface area contributed by atoms with Crippen molar-refractivity contribution in [1.29, 1.82) is 0 Å². The summed E-state index contributed by atoms with van der Waals surface area (Å²) in [5.41, 5.74) is 7.99. The van der Waals surface area contributed by atoms with E-state index in [9.17, 15) is 4.79 Å². The highest BCUT2D eigenvalue weighted by Crippen LogP contribution is 2.25. The van der Waals surface area contributed by atoms with Gasteiger partial charge in [-0.15, -0.1) is 0 Å². The molecule has 110 valence electrons. The number of aryl methyl sites for hydroxylation is 1. The van der Waals surface area contributed by atoms with Crippen LogP contribution in [-0.2, 0) is 4.79 Å². The molecule has 0 aliphatic rings. The minimum Gasteiger partial charge on any atom is -0.493 e. The lowest BCUT2D eigenvalue weighted by Gasteiger charge is -2.11. The number of rotatable bonds is 5. The van der Waals surface area contributed by atoms with Gasteiger partial charge in [0, 0.05) is 0 Å². The van der Waals surface area contributed by atoms with Gasteiger partial charge in [0.15, 0.2) is 18.1 Å². The molecule has 0 aliphatic heterocycles. The zero-order valence-corrected chi connectivity index (χ0v) is 12.1. The first-order valence-electron chi connectivity index (χ1n) is 6.52. The maximum atomic E-state index is 11.9. The van der Waals surface area contributed by atoms with Gasteiger partial charge in [-0.2, -0.15) is 0 Å². The molecule has 0 aliphatic carbocycles. The van der Waals surface area contributed by atoms with Gasteiger partial charge in [0.1, 0.15) is 0 Å². The number of carbonyl (C=O) groups is 1. The number of amides is 1. The van der Waals surface area contributed by atoms with Crippen LogP contribution in [0.5, 0.6) is 11.5 Å². The van der Waals surface area contributed by atoms with E-state index in [2.05, 4.69) is 5.32 Å². The first kappa shape index (κ1) is 14.7. The number of methoxy groups -OCH3 is 1. The molecule has 2 aromatic carbocycles. The monoisotopic (exact) mass is 286 g/mol. The lowest BCUT2D eigenvalue weighted by Crippen LogP contribution is -2.21. The molecule has 0 saturated carbocycles. The van der Waals surface area contributed by atoms with Crippen LogP contribution in [-0.4, -0.2) is 19.6 Å². The van der Waals surface area contributed by atoms with E-state index >= 15 is 0 Å². The van der Waals surface area contributed by atoms with E-state index in [1.54, 1.807) is 31.4 Å². The first-order chi connectivity index (χ1) is 10.1. The quantitative estimate of drug-likeness (QED) is 0.829. The Bertz CT molecular complexity index is 641. The van der Waals surface area contributed by atoms with Gasteiger partial charge in [-0.05, 0) is 36.8 Å². The standard InChI is InChI=1S/C16H18N2O3/c1-11-7-8-13(12(17)9-11)18-16(19)10-21-15-6-4-3-5-14(15)20-2/h3-9H,10,17H2,1-2H3,(H,18,19). The van der Waals surface area contributed by atoms with E-state index in [-0.39, 0.29) is 12.5 Å².